The van der Waals surface area contributed by atoms with Crippen LogP contribution in [-0.4, -0.2) is 108 Å². The quantitative estimate of drug-likeness (QED) is 0.0677. The number of aliphatic hydroxyl groups is 1. The van der Waals surface area contributed by atoms with E-state index in [9.17, 15) is 42.3 Å². The van der Waals surface area contributed by atoms with Gasteiger partial charge >= 0.3 is 12.2 Å². The van der Waals surface area contributed by atoms with Crippen LogP contribution in [-0.2, 0) is 41.4 Å². The summed E-state index contributed by atoms with van der Waals surface area (Å²) in [7, 11) is 0. The number of nitrogens with zero attached hydrogens (tertiary/aromatic N) is 5. The number of nitriles is 1. The van der Waals surface area contributed by atoms with Crippen molar-refractivity contribution in [1.29, 1.82) is 5.26 Å². The first kappa shape index (κ1) is 51.5. The highest BCUT2D eigenvalue weighted by Gasteiger charge is 2.53. The summed E-state index contributed by atoms with van der Waals surface area (Å²) in [5.74, 6) is 3.75. The van der Waals surface area contributed by atoms with Crippen molar-refractivity contribution in [2.75, 3.05) is 49.4 Å². The Morgan fingerprint density at radius 1 is 0.971 bits per heavy atom. The Morgan fingerprint density at radius 2 is 1.64 bits per heavy atom. The normalized spacial score (nSPS) is 17.3. The first-order valence-electron chi connectivity index (χ1n) is 21.8. The number of ether oxygens (including phenoxy) is 3. The molecule has 20 heteroatoms. The maximum absolute atomic E-state index is 13.9. The van der Waals surface area contributed by atoms with Crippen LogP contribution in [0.5, 0.6) is 5.75 Å². The molecule has 16 nitrogen and oxygen atoms in total. The van der Waals surface area contributed by atoms with E-state index >= 15 is 0 Å². The summed E-state index contributed by atoms with van der Waals surface area (Å²) < 4.78 is 57.5. The van der Waals surface area contributed by atoms with Crippen LogP contribution in [0.25, 0.3) is 10.4 Å². The molecule has 3 aromatic carbocycles. The van der Waals surface area contributed by atoms with Crippen molar-refractivity contribution in [2.45, 2.75) is 84.4 Å². The molecule has 0 spiro atoms. The molecule has 0 radical (unpaired) electrons. The number of alkyl halides is 3. The zero-order valence-electron chi connectivity index (χ0n) is 38.8. The minimum absolute atomic E-state index is 0.0226. The number of amides is 6. The number of halogens is 3. The fraction of sp³-hybridized carbons (Fsp3) is 0.408. The molecule has 0 aliphatic carbocycles. The highest BCUT2D eigenvalue weighted by molar-refractivity contribution is 7.13. The van der Waals surface area contributed by atoms with Crippen LogP contribution in [0.3, 0.4) is 0 Å². The molecule has 4 aromatic rings. The number of hydrogen-bond donors (Lipinski definition) is 3. The molecule has 69 heavy (non-hydrogen) atoms. The average Bonchev–Trinajstić information content (AvgIpc) is 3.97. The van der Waals surface area contributed by atoms with Crippen LogP contribution in [0.1, 0.15) is 63.4 Å². The van der Waals surface area contributed by atoms with E-state index in [1.165, 1.54) is 36.9 Å². The lowest BCUT2D eigenvalue weighted by Gasteiger charge is -2.35. The molecule has 6 rings (SSSR count). The van der Waals surface area contributed by atoms with Crippen LogP contribution in [0.2, 0.25) is 0 Å². The second kappa shape index (κ2) is 21.6. The minimum atomic E-state index is -4.88. The first-order valence-corrected chi connectivity index (χ1v) is 22.7. The maximum atomic E-state index is 13.9. The second-order valence-electron chi connectivity index (χ2n) is 17.8. The van der Waals surface area contributed by atoms with Crippen molar-refractivity contribution in [3.63, 3.8) is 0 Å². The Hall–Kier alpha value is -6.84. The Morgan fingerprint density at radius 3 is 2.28 bits per heavy atom. The van der Waals surface area contributed by atoms with Gasteiger partial charge in [0.2, 0.25) is 17.7 Å². The molecule has 364 valence electrons. The third kappa shape index (κ3) is 12.3. The predicted molar refractivity (Wildman–Crippen MR) is 249 cm³/mol. The number of likely N-dealkylation sites (tertiary alicyclic amines) is 1. The minimum Gasteiger partial charge on any atom is -0.481 e. The third-order valence-corrected chi connectivity index (χ3v) is 12.4. The molecule has 2 aliphatic rings. The summed E-state index contributed by atoms with van der Waals surface area (Å²) in [5.41, 5.74) is 0.468. The number of carbonyl (C=O) groups excluding carboxylic acids is 5. The van der Waals surface area contributed by atoms with Gasteiger partial charge in [0, 0.05) is 25.2 Å². The van der Waals surface area contributed by atoms with E-state index in [0.717, 1.165) is 38.7 Å². The molecule has 0 saturated carbocycles. The van der Waals surface area contributed by atoms with E-state index in [0.29, 0.717) is 16.7 Å². The Labute approximate surface area is 401 Å². The molecule has 0 bridgehead atoms. The van der Waals surface area contributed by atoms with Gasteiger partial charge in [0.25, 0.3) is 5.91 Å². The molecular formula is C49H52F3N7O9S. The van der Waals surface area contributed by atoms with E-state index in [-0.39, 0.29) is 63.9 Å². The molecule has 2 saturated heterocycles. The lowest BCUT2D eigenvalue weighted by atomic mass is 9.85. The lowest BCUT2D eigenvalue weighted by Crippen LogP contribution is -2.58. The van der Waals surface area contributed by atoms with E-state index in [1.54, 1.807) is 49.8 Å². The van der Waals surface area contributed by atoms with Gasteiger partial charge < -0.3 is 34.9 Å². The predicted octanol–water partition coefficient (Wildman–Crippen LogP) is 5.99. The summed E-state index contributed by atoms with van der Waals surface area (Å²) in [5, 5.41) is 25.3. The number of hydrogen-bond acceptors (Lipinski definition) is 12. The molecule has 2 aliphatic heterocycles. The standard InChI is InChI=1S/C49H52F3N7O9S/c1-30-41(69-29-55-30)32-11-9-31(10-12-32)26-54-43(62)39-24-36(60)27-57(39)44(63)42(47(2,3)4)56-40(61)28-67-22-21-66-19-7-8-20-68-37-17-15-34(16-18-37)59-46(65)58(45(64)48(59,5)6)35-14-13-33(25-53)38(23-35)49(50,51)52/h9-18,23,29,36,39,42,60H,19-22,24,26-28H2,1-6H3,(H,54,62)(H,56,61)/t36-,39+,42-/m1/s1. The van der Waals surface area contributed by atoms with Gasteiger partial charge in [-0.2, -0.15) is 18.4 Å². The number of carbonyl (C=O) groups is 5. The Kier molecular flexibility index (Phi) is 16.2. The fourth-order valence-corrected chi connectivity index (χ4v) is 8.57. The topological polar surface area (TPSA) is 204 Å². The zero-order chi connectivity index (χ0) is 50.3. The molecule has 6 amide bonds. The summed E-state index contributed by atoms with van der Waals surface area (Å²) in [4.78, 5) is 75.7. The number of urea groups is 1. The van der Waals surface area contributed by atoms with Crippen LogP contribution in [0.15, 0.2) is 72.2 Å². The molecular weight excluding hydrogens is 920 g/mol. The van der Waals surface area contributed by atoms with Crippen molar-refractivity contribution in [3.05, 3.63) is 94.6 Å². The summed E-state index contributed by atoms with van der Waals surface area (Å²) in [6.07, 6.45) is -5.74. The molecule has 2 fully saturated rings. The van der Waals surface area contributed by atoms with Gasteiger partial charge in [-0.25, -0.2) is 14.7 Å². The van der Waals surface area contributed by atoms with Gasteiger partial charge in [-0.15, -0.1) is 11.3 Å². The van der Waals surface area contributed by atoms with Crippen molar-refractivity contribution in [2.24, 2.45) is 5.41 Å². The van der Waals surface area contributed by atoms with E-state index in [2.05, 4.69) is 27.5 Å². The number of aromatic nitrogens is 1. The highest BCUT2D eigenvalue weighted by atomic mass is 32.1. The van der Waals surface area contributed by atoms with Crippen LogP contribution in [0, 0.1) is 35.5 Å². The monoisotopic (exact) mass is 971 g/mol. The first-order chi connectivity index (χ1) is 32.6. The highest BCUT2D eigenvalue weighted by Crippen LogP contribution is 2.40. The number of benzene rings is 3. The van der Waals surface area contributed by atoms with E-state index < -0.39 is 76.1 Å². The van der Waals surface area contributed by atoms with Crippen LogP contribution in [0.4, 0.5) is 29.3 Å². The van der Waals surface area contributed by atoms with Gasteiger partial charge in [0.1, 0.15) is 43.2 Å². The smallest absolute Gasteiger partial charge is 0.417 e. The third-order valence-electron chi connectivity index (χ3n) is 11.4. The van der Waals surface area contributed by atoms with Gasteiger partial charge in [-0.1, -0.05) is 56.9 Å². The van der Waals surface area contributed by atoms with Crippen LogP contribution >= 0.6 is 11.3 Å². The number of imide groups is 1. The summed E-state index contributed by atoms with van der Waals surface area (Å²) in [6, 6.07) is 15.2. The van der Waals surface area contributed by atoms with Gasteiger partial charge in [-0.05, 0) is 79.8 Å². The summed E-state index contributed by atoms with van der Waals surface area (Å²) >= 11 is 1.55. The fourth-order valence-electron chi connectivity index (χ4n) is 7.76. The second-order valence-corrected chi connectivity index (χ2v) is 18.7. The molecule has 3 atom stereocenters. The average molecular weight is 972 g/mol. The van der Waals surface area contributed by atoms with Gasteiger partial charge in [0.05, 0.1) is 58.3 Å². The van der Waals surface area contributed by atoms with E-state index in [4.69, 9.17) is 19.5 Å². The SMILES string of the molecule is Cc1ncsc1-c1ccc(CNC(=O)[C@@H]2C[C@@H](O)CN2C(=O)[C@@H](NC(=O)COCCOCC#CCOc2ccc(N3C(=O)N(c4ccc(C#N)c(C(F)(F)F)c4)C(=O)C3(C)C)cc2)C(C)(C)C)cc1. The van der Waals surface area contributed by atoms with E-state index in [1.807, 2.05) is 31.2 Å². The lowest BCUT2D eigenvalue weighted by molar-refractivity contribution is -0.144. The molecule has 3 N–H and O–H groups in total. The number of aliphatic hydroxyl groups excluding tert-OH is 1. The number of nitrogens with one attached hydrogen (secondary N) is 2. The van der Waals surface area contributed by atoms with Crippen molar-refractivity contribution >= 4 is 52.4 Å². The van der Waals surface area contributed by atoms with Crippen LogP contribution < -0.4 is 25.2 Å². The van der Waals surface area contributed by atoms with Crippen molar-refractivity contribution < 1.29 is 56.5 Å². The van der Waals surface area contributed by atoms with Crippen molar-refractivity contribution in [1.82, 2.24) is 20.5 Å². The van der Waals surface area contributed by atoms with Gasteiger partial charge in [-0.3, -0.25) is 24.1 Å². The number of anilines is 2. The number of β-amino-alcohol motifs (C(OH)–C–C–N with tert-alkyl or cyclic N) is 1. The molecule has 3 heterocycles. The molecule has 1 aromatic heterocycles. The summed E-state index contributed by atoms with van der Waals surface area (Å²) in [6.45, 7) is 10.2. The van der Waals surface area contributed by atoms with Gasteiger partial charge in [0.15, 0.2) is 0 Å². The zero-order valence-corrected chi connectivity index (χ0v) is 39.6. The molecule has 0 unspecified atom stereocenters. The Bertz CT molecular complexity index is 2650. The number of aryl methyl sites for hydroxylation is 1. The maximum Gasteiger partial charge on any atom is 0.417 e. The number of thiazole rings is 1. The number of rotatable bonds is 16. The largest absolute Gasteiger partial charge is 0.481 e. The van der Waals surface area contributed by atoms with Crippen molar-refractivity contribution in [3.8, 4) is 34.1 Å². The Balaban J connectivity index is 0.907.